The molecule has 0 aliphatic heterocycles. The van der Waals surface area contributed by atoms with Crippen molar-refractivity contribution < 1.29 is 18.0 Å². The van der Waals surface area contributed by atoms with Crippen molar-refractivity contribution in [3.8, 4) is 22.6 Å². The number of hydrogen-bond acceptors (Lipinski definition) is 5. The number of fused-ring (bicyclic) bond motifs is 1. The molecule has 1 N–H and O–H groups in total. The van der Waals surface area contributed by atoms with E-state index in [2.05, 4.69) is 25.4 Å². The molecule has 1 amide bonds. The molecule has 10 heteroatoms. The molecule has 0 radical (unpaired) electrons. The Kier molecular flexibility index (Phi) is 5.35. The van der Waals surface area contributed by atoms with E-state index in [9.17, 15) is 18.0 Å². The van der Waals surface area contributed by atoms with Gasteiger partial charge in [0.1, 0.15) is 5.69 Å². The highest BCUT2D eigenvalue weighted by atomic mass is 19.4. The number of nitrogens with one attached hydrogen (secondary N) is 1. The highest BCUT2D eigenvalue weighted by Crippen LogP contribution is 2.32. The number of alkyl halides is 3. The molecule has 1 aliphatic carbocycles. The molecule has 172 valence electrons. The van der Waals surface area contributed by atoms with Crippen LogP contribution in [0.3, 0.4) is 0 Å². The first-order valence-corrected chi connectivity index (χ1v) is 10.6. The molecule has 1 unspecified atom stereocenters. The van der Waals surface area contributed by atoms with Crippen LogP contribution in [-0.2, 0) is 19.6 Å². The fourth-order valence-corrected chi connectivity index (χ4v) is 4.00. The Morgan fingerprint density at radius 3 is 2.62 bits per heavy atom. The molecule has 0 fully saturated rings. The molecule has 7 nitrogen and oxygen atoms in total. The summed E-state index contributed by atoms with van der Waals surface area (Å²) in [6.07, 6.45) is 2.04. The maximum absolute atomic E-state index is 13.2. The van der Waals surface area contributed by atoms with Crippen molar-refractivity contribution in [3.63, 3.8) is 0 Å². The first kappa shape index (κ1) is 21.7. The van der Waals surface area contributed by atoms with Crippen molar-refractivity contribution in [1.29, 1.82) is 0 Å². The SMILES string of the molecule is Cn1cc(-c2nc(C(=O)NC3CCc4ncccc43)cc(-c3ccc(C(F)(F)F)cc3)n2)cn1. The highest BCUT2D eigenvalue weighted by Gasteiger charge is 2.30. The summed E-state index contributed by atoms with van der Waals surface area (Å²) in [5.74, 6) is -0.147. The van der Waals surface area contributed by atoms with Gasteiger partial charge in [0.2, 0.25) is 0 Å². The molecule has 0 saturated heterocycles. The van der Waals surface area contributed by atoms with Crippen molar-refractivity contribution in [1.82, 2.24) is 30.0 Å². The number of nitrogens with zero attached hydrogens (tertiary/aromatic N) is 5. The third-order valence-corrected chi connectivity index (χ3v) is 5.71. The van der Waals surface area contributed by atoms with Crippen LogP contribution in [0.4, 0.5) is 13.2 Å². The zero-order valence-corrected chi connectivity index (χ0v) is 18.0. The quantitative estimate of drug-likeness (QED) is 0.485. The van der Waals surface area contributed by atoms with Crippen molar-refractivity contribution in [3.05, 3.63) is 83.6 Å². The van der Waals surface area contributed by atoms with Gasteiger partial charge in [-0.15, -0.1) is 0 Å². The van der Waals surface area contributed by atoms with Crippen LogP contribution in [0.2, 0.25) is 0 Å². The van der Waals surface area contributed by atoms with E-state index >= 15 is 0 Å². The van der Waals surface area contributed by atoms with E-state index in [0.29, 0.717) is 16.8 Å². The molecular formula is C24H19F3N6O. The highest BCUT2D eigenvalue weighted by molar-refractivity contribution is 5.94. The number of aryl methyl sites for hydroxylation is 2. The molecule has 0 spiro atoms. The average molecular weight is 464 g/mol. The number of aromatic nitrogens is 5. The summed E-state index contributed by atoms with van der Waals surface area (Å²) in [7, 11) is 1.74. The molecule has 4 aromatic rings. The summed E-state index contributed by atoms with van der Waals surface area (Å²) >= 11 is 0. The minimum Gasteiger partial charge on any atom is -0.344 e. The number of hydrogen-bond donors (Lipinski definition) is 1. The lowest BCUT2D eigenvalue weighted by atomic mass is 10.1. The summed E-state index contributed by atoms with van der Waals surface area (Å²) in [5.41, 5.74) is 2.63. The van der Waals surface area contributed by atoms with Crippen LogP contribution in [0.1, 0.15) is 39.8 Å². The lowest BCUT2D eigenvalue weighted by molar-refractivity contribution is -0.137. The van der Waals surface area contributed by atoms with E-state index in [-0.39, 0.29) is 17.6 Å². The van der Waals surface area contributed by atoms with Crippen LogP contribution in [0.25, 0.3) is 22.6 Å². The van der Waals surface area contributed by atoms with Crippen LogP contribution >= 0.6 is 0 Å². The molecule has 5 rings (SSSR count). The van der Waals surface area contributed by atoms with E-state index in [1.807, 2.05) is 12.1 Å². The summed E-state index contributed by atoms with van der Waals surface area (Å²) < 4.78 is 40.5. The Morgan fingerprint density at radius 2 is 1.91 bits per heavy atom. The Bertz CT molecular complexity index is 1360. The second kappa shape index (κ2) is 8.36. The smallest absolute Gasteiger partial charge is 0.344 e. The lowest BCUT2D eigenvalue weighted by Crippen LogP contribution is -2.28. The summed E-state index contributed by atoms with van der Waals surface area (Å²) in [6.45, 7) is 0. The number of pyridine rings is 1. The monoisotopic (exact) mass is 464 g/mol. The van der Waals surface area contributed by atoms with Gasteiger partial charge in [0.25, 0.3) is 5.91 Å². The third-order valence-electron chi connectivity index (χ3n) is 5.71. The Labute approximate surface area is 192 Å². The minimum atomic E-state index is -4.44. The molecule has 34 heavy (non-hydrogen) atoms. The van der Waals surface area contributed by atoms with Crippen LogP contribution in [0.5, 0.6) is 0 Å². The van der Waals surface area contributed by atoms with Crippen molar-refractivity contribution in [2.24, 2.45) is 7.05 Å². The molecule has 3 aromatic heterocycles. The number of benzene rings is 1. The fourth-order valence-electron chi connectivity index (χ4n) is 4.00. The number of carbonyl (C=O) groups excluding carboxylic acids is 1. The predicted octanol–water partition coefficient (Wildman–Crippen LogP) is 4.38. The molecular weight excluding hydrogens is 445 g/mol. The number of rotatable bonds is 4. The number of amides is 1. The normalized spacial score (nSPS) is 15.2. The van der Waals surface area contributed by atoms with E-state index in [4.69, 9.17) is 0 Å². The standard InChI is InChI=1S/C24H19F3N6O/c1-33-13-15(12-29-33)22-30-20(14-4-6-16(7-5-14)24(25,26)27)11-21(31-22)23(34)32-19-9-8-18-17(19)3-2-10-28-18/h2-7,10-13,19H,8-9H2,1H3,(H,32,34). The molecule has 0 bridgehead atoms. The molecule has 1 atom stereocenters. The summed E-state index contributed by atoms with van der Waals surface area (Å²) in [6, 6.07) is 9.70. The summed E-state index contributed by atoms with van der Waals surface area (Å²) in [4.78, 5) is 26.5. The third kappa shape index (κ3) is 4.26. The maximum atomic E-state index is 13.2. The van der Waals surface area contributed by atoms with Gasteiger partial charge in [-0.2, -0.15) is 18.3 Å². The van der Waals surface area contributed by atoms with Gasteiger partial charge in [-0.1, -0.05) is 18.2 Å². The van der Waals surface area contributed by atoms with Gasteiger partial charge in [0.05, 0.1) is 29.1 Å². The van der Waals surface area contributed by atoms with Gasteiger partial charge in [-0.05, 0) is 42.7 Å². The largest absolute Gasteiger partial charge is 0.416 e. The van der Waals surface area contributed by atoms with Crippen LogP contribution < -0.4 is 5.32 Å². The number of halogens is 3. The minimum absolute atomic E-state index is 0.112. The van der Waals surface area contributed by atoms with Gasteiger partial charge in [-0.3, -0.25) is 14.5 Å². The van der Waals surface area contributed by atoms with E-state index in [0.717, 1.165) is 36.2 Å². The fraction of sp³-hybridized carbons (Fsp3) is 0.208. The van der Waals surface area contributed by atoms with Gasteiger partial charge in [0, 0.05) is 30.7 Å². The van der Waals surface area contributed by atoms with Gasteiger partial charge in [0.15, 0.2) is 5.82 Å². The lowest BCUT2D eigenvalue weighted by Gasteiger charge is -2.14. The van der Waals surface area contributed by atoms with Gasteiger partial charge < -0.3 is 5.32 Å². The van der Waals surface area contributed by atoms with Gasteiger partial charge in [-0.25, -0.2) is 9.97 Å². The summed E-state index contributed by atoms with van der Waals surface area (Å²) in [5, 5.41) is 7.13. The van der Waals surface area contributed by atoms with Crippen molar-refractivity contribution >= 4 is 5.91 Å². The van der Waals surface area contributed by atoms with E-state index in [1.54, 1.807) is 30.3 Å². The van der Waals surface area contributed by atoms with E-state index < -0.39 is 17.6 Å². The Morgan fingerprint density at radius 1 is 1.12 bits per heavy atom. The first-order chi connectivity index (χ1) is 16.3. The average Bonchev–Trinajstić information content (AvgIpc) is 3.45. The molecule has 3 heterocycles. The van der Waals surface area contributed by atoms with E-state index in [1.165, 1.54) is 18.2 Å². The van der Waals surface area contributed by atoms with Crippen LogP contribution in [0.15, 0.2) is 61.1 Å². The first-order valence-electron chi connectivity index (χ1n) is 10.6. The van der Waals surface area contributed by atoms with Crippen molar-refractivity contribution in [2.75, 3.05) is 0 Å². The molecule has 1 aromatic carbocycles. The number of carbonyl (C=O) groups is 1. The molecule has 1 aliphatic rings. The van der Waals surface area contributed by atoms with Crippen molar-refractivity contribution in [2.45, 2.75) is 25.1 Å². The van der Waals surface area contributed by atoms with Crippen LogP contribution in [-0.4, -0.2) is 30.6 Å². The Hall–Kier alpha value is -4.08. The second-order valence-corrected chi connectivity index (χ2v) is 8.04. The molecule has 0 saturated carbocycles. The second-order valence-electron chi connectivity index (χ2n) is 8.04. The topological polar surface area (TPSA) is 85.6 Å². The zero-order valence-electron chi connectivity index (χ0n) is 18.0. The zero-order chi connectivity index (χ0) is 23.9. The maximum Gasteiger partial charge on any atom is 0.416 e. The van der Waals surface area contributed by atoms with Crippen LogP contribution in [0, 0.1) is 0 Å². The predicted molar refractivity (Wildman–Crippen MR) is 117 cm³/mol. The van der Waals surface area contributed by atoms with Gasteiger partial charge >= 0.3 is 6.18 Å². The Balaban J connectivity index is 1.51.